The second-order valence-corrected chi connectivity index (χ2v) is 5.01. The normalized spacial score (nSPS) is 12.7. The molecule has 0 spiro atoms. The van der Waals surface area contributed by atoms with E-state index in [1.807, 2.05) is 24.6 Å². The lowest BCUT2D eigenvalue weighted by atomic mass is 10.0. The van der Waals surface area contributed by atoms with E-state index in [4.69, 9.17) is 17.3 Å². The molecule has 1 heterocycles. The van der Waals surface area contributed by atoms with Crippen LogP contribution in [0.2, 0.25) is 5.02 Å². The highest BCUT2D eigenvalue weighted by Crippen LogP contribution is 2.21. The van der Waals surface area contributed by atoms with Crippen LogP contribution >= 0.6 is 11.6 Å². The van der Waals surface area contributed by atoms with Crippen LogP contribution in [0, 0.1) is 12.7 Å². The second kappa shape index (κ2) is 5.72. The van der Waals surface area contributed by atoms with E-state index in [0.717, 1.165) is 17.9 Å². The highest BCUT2D eigenvalue weighted by molar-refractivity contribution is 6.30. The van der Waals surface area contributed by atoms with Gasteiger partial charge in [0, 0.05) is 11.6 Å². The zero-order valence-corrected chi connectivity index (χ0v) is 11.8. The molecule has 1 unspecified atom stereocenters. The summed E-state index contributed by atoms with van der Waals surface area (Å²) in [5, 5.41) is 4.74. The Labute approximate surface area is 117 Å². The van der Waals surface area contributed by atoms with Gasteiger partial charge in [0.05, 0.1) is 17.4 Å². The number of halogens is 2. The van der Waals surface area contributed by atoms with Crippen molar-refractivity contribution in [3.63, 3.8) is 0 Å². The van der Waals surface area contributed by atoms with E-state index in [9.17, 15) is 4.39 Å². The largest absolute Gasteiger partial charge is 0.322 e. The molecule has 0 amide bonds. The molecule has 0 aliphatic rings. The molecule has 2 aromatic rings. The molecule has 0 bridgehead atoms. The molecule has 0 radical (unpaired) electrons. The summed E-state index contributed by atoms with van der Waals surface area (Å²) >= 11 is 5.74. The Kier molecular flexibility index (Phi) is 4.22. The molecule has 2 rings (SSSR count). The maximum atomic E-state index is 13.8. The molecule has 0 aliphatic heterocycles. The Morgan fingerprint density at radius 3 is 2.79 bits per heavy atom. The third kappa shape index (κ3) is 3.14. The van der Waals surface area contributed by atoms with Crippen molar-refractivity contribution in [1.29, 1.82) is 0 Å². The predicted molar refractivity (Wildman–Crippen MR) is 74.7 cm³/mol. The van der Waals surface area contributed by atoms with Gasteiger partial charge in [-0.25, -0.2) is 4.39 Å². The summed E-state index contributed by atoms with van der Waals surface area (Å²) in [5.74, 6) is -0.317. The van der Waals surface area contributed by atoms with E-state index in [1.165, 1.54) is 6.07 Å². The van der Waals surface area contributed by atoms with E-state index >= 15 is 0 Å². The molecule has 0 fully saturated rings. The molecule has 102 valence electrons. The van der Waals surface area contributed by atoms with Gasteiger partial charge in [0.25, 0.3) is 0 Å². The van der Waals surface area contributed by atoms with Crippen LogP contribution < -0.4 is 5.73 Å². The quantitative estimate of drug-likeness (QED) is 0.935. The van der Waals surface area contributed by atoms with E-state index in [0.29, 0.717) is 17.0 Å². The van der Waals surface area contributed by atoms with Crippen LogP contribution in [0.4, 0.5) is 4.39 Å². The van der Waals surface area contributed by atoms with Crippen LogP contribution in [-0.2, 0) is 13.0 Å². The topological polar surface area (TPSA) is 43.8 Å². The van der Waals surface area contributed by atoms with Crippen LogP contribution in [0.5, 0.6) is 0 Å². The average molecular weight is 282 g/mol. The summed E-state index contributed by atoms with van der Waals surface area (Å²) in [7, 11) is 0. The van der Waals surface area contributed by atoms with Gasteiger partial charge in [-0.05, 0) is 44.0 Å². The van der Waals surface area contributed by atoms with E-state index in [-0.39, 0.29) is 11.9 Å². The summed E-state index contributed by atoms with van der Waals surface area (Å²) in [4.78, 5) is 0. The summed E-state index contributed by atoms with van der Waals surface area (Å²) in [6, 6.07) is 6.33. The van der Waals surface area contributed by atoms with Crippen LogP contribution in [0.15, 0.2) is 24.3 Å². The van der Waals surface area contributed by atoms with Crippen LogP contribution in [0.1, 0.15) is 29.9 Å². The van der Waals surface area contributed by atoms with Gasteiger partial charge in [0.1, 0.15) is 5.82 Å². The third-order valence-corrected chi connectivity index (χ3v) is 3.30. The SMILES string of the molecule is CCn1nc(C)cc1C(N)Cc1ccc(Cl)cc1F. The highest BCUT2D eigenvalue weighted by atomic mass is 35.5. The lowest BCUT2D eigenvalue weighted by Gasteiger charge is -2.14. The summed E-state index contributed by atoms with van der Waals surface area (Å²) in [6.45, 7) is 4.68. The molecule has 1 atom stereocenters. The first-order valence-corrected chi connectivity index (χ1v) is 6.63. The maximum Gasteiger partial charge on any atom is 0.127 e. The van der Waals surface area contributed by atoms with Crippen molar-refractivity contribution < 1.29 is 4.39 Å². The van der Waals surface area contributed by atoms with Gasteiger partial charge in [-0.1, -0.05) is 17.7 Å². The second-order valence-electron chi connectivity index (χ2n) is 4.57. The van der Waals surface area contributed by atoms with Gasteiger partial charge in [-0.2, -0.15) is 5.10 Å². The molecular weight excluding hydrogens is 265 g/mol. The van der Waals surface area contributed by atoms with Crippen molar-refractivity contribution in [3.05, 3.63) is 52.1 Å². The summed E-state index contributed by atoms with van der Waals surface area (Å²) in [5.41, 5.74) is 8.58. The Bertz CT molecular complexity index is 580. The van der Waals surface area contributed by atoms with Crippen molar-refractivity contribution in [3.8, 4) is 0 Å². The Balaban J connectivity index is 2.22. The molecule has 0 saturated carbocycles. The molecule has 2 N–H and O–H groups in total. The van der Waals surface area contributed by atoms with Crippen LogP contribution in [0.25, 0.3) is 0 Å². The van der Waals surface area contributed by atoms with Gasteiger partial charge < -0.3 is 5.73 Å². The highest BCUT2D eigenvalue weighted by Gasteiger charge is 2.15. The minimum atomic E-state index is -0.317. The minimum Gasteiger partial charge on any atom is -0.322 e. The first kappa shape index (κ1) is 14.0. The fourth-order valence-corrected chi connectivity index (χ4v) is 2.30. The number of hydrogen-bond acceptors (Lipinski definition) is 2. The van der Waals surface area contributed by atoms with E-state index in [2.05, 4.69) is 5.10 Å². The summed E-state index contributed by atoms with van der Waals surface area (Å²) < 4.78 is 15.6. The fourth-order valence-electron chi connectivity index (χ4n) is 2.15. The number of aromatic nitrogens is 2. The Morgan fingerprint density at radius 1 is 1.42 bits per heavy atom. The van der Waals surface area contributed by atoms with Gasteiger partial charge in [0.15, 0.2) is 0 Å². The van der Waals surface area contributed by atoms with Crippen molar-refractivity contribution in [2.24, 2.45) is 5.73 Å². The Morgan fingerprint density at radius 2 is 2.16 bits per heavy atom. The number of aryl methyl sites for hydroxylation is 2. The van der Waals surface area contributed by atoms with Gasteiger partial charge >= 0.3 is 0 Å². The van der Waals surface area contributed by atoms with E-state index in [1.54, 1.807) is 12.1 Å². The van der Waals surface area contributed by atoms with Gasteiger partial charge in [-0.3, -0.25) is 4.68 Å². The molecule has 0 saturated heterocycles. The molecule has 1 aromatic carbocycles. The molecule has 19 heavy (non-hydrogen) atoms. The zero-order chi connectivity index (χ0) is 14.0. The molecule has 5 heteroatoms. The van der Waals surface area contributed by atoms with Gasteiger partial charge in [0.2, 0.25) is 0 Å². The lowest BCUT2D eigenvalue weighted by molar-refractivity contribution is 0.550. The number of rotatable bonds is 4. The van der Waals surface area contributed by atoms with E-state index < -0.39 is 0 Å². The van der Waals surface area contributed by atoms with Crippen molar-refractivity contribution >= 4 is 11.6 Å². The maximum absolute atomic E-state index is 13.8. The number of nitrogens with two attached hydrogens (primary N) is 1. The Hall–Kier alpha value is -1.39. The number of hydrogen-bond donors (Lipinski definition) is 1. The minimum absolute atomic E-state index is 0.281. The van der Waals surface area contributed by atoms with Crippen molar-refractivity contribution in [1.82, 2.24) is 9.78 Å². The van der Waals surface area contributed by atoms with Crippen molar-refractivity contribution in [2.75, 3.05) is 0 Å². The summed E-state index contributed by atoms with van der Waals surface area (Å²) in [6.07, 6.45) is 0.425. The lowest BCUT2D eigenvalue weighted by Crippen LogP contribution is -2.18. The molecule has 0 aliphatic carbocycles. The fraction of sp³-hybridized carbons (Fsp3) is 0.357. The molecule has 3 nitrogen and oxygen atoms in total. The molecule has 1 aromatic heterocycles. The zero-order valence-electron chi connectivity index (χ0n) is 11.0. The average Bonchev–Trinajstić information content (AvgIpc) is 2.74. The third-order valence-electron chi connectivity index (χ3n) is 3.07. The number of nitrogens with zero attached hydrogens (tertiary/aromatic N) is 2. The smallest absolute Gasteiger partial charge is 0.127 e. The predicted octanol–water partition coefficient (Wildman–Crippen LogP) is 3.25. The molecular formula is C14H17ClFN3. The first-order chi connectivity index (χ1) is 9.01. The van der Waals surface area contributed by atoms with Crippen LogP contribution in [-0.4, -0.2) is 9.78 Å². The first-order valence-electron chi connectivity index (χ1n) is 6.25. The monoisotopic (exact) mass is 281 g/mol. The number of benzene rings is 1. The standard InChI is InChI=1S/C14H17ClFN3/c1-3-19-14(6-9(2)18-19)13(17)7-10-4-5-11(15)8-12(10)16/h4-6,8,13H,3,7,17H2,1-2H3. The van der Waals surface area contributed by atoms with Gasteiger partial charge in [-0.15, -0.1) is 0 Å². The van der Waals surface area contributed by atoms with Crippen LogP contribution in [0.3, 0.4) is 0 Å². The van der Waals surface area contributed by atoms with Crippen molar-refractivity contribution in [2.45, 2.75) is 32.9 Å².